The number of hydrogen-bond acceptors (Lipinski definition) is 5. The number of hydrogen-bond donors (Lipinski definition) is 1. The molecule has 3 aliphatic heterocycles. The molecule has 2 bridgehead atoms. The van der Waals surface area contributed by atoms with Crippen LogP contribution in [0, 0.1) is 11.8 Å². The third-order valence-corrected chi connectivity index (χ3v) is 10.8. The van der Waals surface area contributed by atoms with Crippen LogP contribution in [0.25, 0.3) is 10.8 Å². The molecule has 5 atom stereocenters. The Bertz CT molecular complexity index is 1680. The van der Waals surface area contributed by atoms with Gasteiger partial charge in [0.15, 0.2) is 0 Å². The molecule has 8 heteroatoms. The molecular weight excluding hydrogens is 602 g/mol. The fourth-order valence-electron chi connectivity index (χ4n) is 8.53. The number of para-hydroxylation sites is 1. The van der Waals surface area contributed by atoms with Crippen molar-refractivity contribution in [2.24, 2.45) is 11.8 Å². The second-order valence-corrected chi connectivity index (χ2v) is 13.3. The molecule has 0 radical (unpaired) electrons. The van der Waals surface area contributed by atoms with E-state index in [1.165, 1.54) is 0 Å². The number of aliphatic hydroxyl groups excluding tert-OH is 1. The molecule has 6 rings (SSSR count). The number of rotatable bonds is 15. The summed E-state index contributed by atoms with van der Waals surface area (Å²) in [6.45, 7) is 10.9. The molecule has 3 aliphatic rings. The molecule has 2 unspecified atom stereocenters. The maximum absolute atomic E-state index is 15.1. The number of likely N-dealkylation sites (tertiary alicyclic amines) is 1. The summed E-state index contributed by atoms with van der Waals surface area (Å²) in [7, 11) is 0. The molecule has 1 spiro atoms. The van der Waals surface area contributed by atoms with Crippen LogP contribution in [0.3, 0.4) is 0 Å². The van der Waals surface area contributed by atoms with Crippen LogP contribution < -0.4 is 9.80 Å². The van der Waals surface area contributed by atoms with Crippen LogP contribution in [0.2, 0.25) is 0 Å². The number of ether oxygens (including phenoxy) is 1. The molecule has 3 heterocycles. The lowest BCUT2D eigenvalue weighted by Gasteiger charge is -2.37. The molecule has 0 saturated carbocycles. The van der Waals surface area contributed by atoms with E-state index in [1.54, 1.807) is 26.9 Å². The summed E-state index contributed by atoms with van der Waals surface area (Å²) in [6, 6.07) is 22.5. The van der Waals surface area contributed by atoms with Gasteiger partial charge in [0.25, 0.3) is 5.91 Å². The molecule has 8 nitrogen and oxygen atoms in total. The molecular formula is C40H47N3O5. The first-order chi connectivity index (χ1) is 23.4. The van der Waals surface area contributed by atoms with Crippen molar-refractivity contribution in [3.05, 3.63) is 98.1 Å². The van der Waals surface area contributed by atoms with Crippen LogP contribution in [-0.2, 0) is 19.1 Å². The molecule has 3 amide bonds. The summed E-state index contributed by atoms with van der Waals surface area (Å²) >= 11 is 0. The Morgan fingerprint density at radius 2 is 1.54 bits per heavy atom. The van der Waals surface area contributed by atoms with Crippen LogP contribution in [0.1, 0.15) is 51.9 Å². The number of fused-ring (bicyclic) bond motifs is 2. The van der Waals surface area contributed by atoms with Crippen LogP contribution >= 0.6 is 0 Å². The van der Waals surface area contributed by atoms with E-state index < -0.39 is 29.1 Å². The first kappa shape index (κ1) is 33.6. The van der Waals surface area contributed by atoms with E-state index in [9.17, 15) is 14.7 Å². The highest BCUT2D eigenvalue weighted by Crippen LogP contribution is 2.65. The molecule has 252 valence electrons. The fourth-order valence-corrected chi connectivity index (χ4v) is 8.53. The van der Waals surface area contributed by atoms with Crippen LogP contribution in [0.15, 0.2) is 98.1 Å². The summed E-state index contributed by atoms with van der Waals surface area (Å²) in [5, 5.41) is 11.4. The first-order valence-corrected chi connectivity index (χ1v) is 17.4. The number of benzene rings is 3. The van der Waals surface area contributed by atoms with Crippen LogP contribution in [0.4, 0.5) is 11.4 Å². The molecule has 48 heavy (non-hydrogen) atoms. The molecule has 3 aromatic rings. The molecule has 3 saturated heterocycles. The number of amides is 3. The Morgan fingerprint density at radius 1 is 0.875 bits per heavy atom. The van der Waals surface area contributed by atoms with Gasteiger partial charge in [0, 0.05) is 37.6 Å². The van der Waals surface area contributed by atoms with Gasteiger partial charge in [-0.2, -0.15) is 0 Å². The average Bonchev–Trinajstić information content (AvgIpc) is 3.72. The third kappa shape index (κ3) is 5.65. The van der Waals surface area contributed by atoms with E-state index in [1.807, 2.05) is 79.7 Å². The topological polar surface area (TPSA) is 90.4 Å². The van der Waals surface area contributed by atoms with Crippen molar-refractivity contribution < 1.29 is 24.2 Å². The van der Waals surface area contributed by atoms with Gasteiger partial charge in [0.2, 0.25) is 11.8 Å². The van der Waals surface area contributed by atoms with Crippen molar-refractivity contribution in [3.63, 3.8) is 0 Å². The van der Waals surface area contributed by atoms with E-state index >= 15 is 4.79 Å². The molecule has 3 aromatic carbocycles. The van der Waals surface area contributed by atoms with Gasteiger partial charge >= 0.3 is 0 Å². The van der Waals surface area contributed by atoms with E-state index in [2.05, 4.69) is 13.2 Å². The zero-order valence-electron chi connectivity index (χ0n) is 27.9. The number of carbonyl (C=O) groups is 3. The summed E-state index contributed by atoms with van der Waals surface area (Å²) in [6.07, 6.45) is 8.08. The average molecular weight is 650 g/mol. The Morgan fingerprint density at radius 3 is 2.23 bits per heavy atom. The first-order valence-electron chi connectivity index (χ1n) is 17.4. The van der Waals surface area contributed by atoms with Gasteiger partial charge in [-0.05, 0) is 67.1 Å². The lowest BCUT2D eigenvalue weighted by molar-refractivity contribution is -0.146. The van der Waals surface area contributed by atoms with E-state index in [-0.39, 0.29) is 30.9 Å². The van der Waals surface area contributed by atoms with Gasteiger partial charge in [-0.25, -0.2) is 0 Å². The van der Waals surface area contributed by atoms with Gasteiger partial charge in [-0.3, -0.25) is 14.4 Å². The lowest BCUT2D eigenvalue weighted by Crippen LogP contribution is -2.56. The Kier molecular flexibility index (Phi) is 9.85. The number of anilines is 2. The van der Waals surface area contributed by atoms with Crippen LogP contribution in [-0.4, -0.2) is 71.2 Å². The third-order valence-electron chi connectivity index (χ3n) is 10.8. The zero-order valence-corrected chi connectivity index (χ0v) is 27.9. The van der Waals surface area contributed by atoms with Crippen molar-refractivity contribution >= 4 is 39.9 Å². The molecule has 0 aromatic heterocycles. The summed E-state index contributed by atoms with van der Waals surface area (Å²) < 4.78 is 7.09. The number of carbonyl (C=O) groups excluding carboxylic acids is 3. The quantitative estimate of drug-likeness (QED) is 0.155. The lowest BCUT2D eigenvalue weighted by atomic mass is 9.64. The Balaban J connectivity index is 1.42. The van der Waals surface area contributed by atoms with Crippen molar-refractivity contribution in [1.82, 2.24) is 4.90 Å². The second kappa shape index (κ2) is 14.1. The standard InChI is InChI=1S/C40H47N3O5/c1-4-24-41(31-18-10-9-11-19-31)36(45)33-34-37(46)43(26-14-7-8-15-27-44)35(40(34)23-22-39(33,6-3)48-40)38(47)42(25-5-2)32-21-20-29-16-12-13-17-30(29)28-32/h4-5,9-13,16-21,28,33-35,44H,1-2,6-8,14-15,22-27H2,3H3/t33-,34-,35?,39+,40?/m0/s1. The predicted octanol–water partition coefficient (Wildman–Crippen LogP) is 6.29. The minimum atomic E-state index is -1.14. The van der Waals surface area contributed by atoms with E-state index in [4.69, 9.17) is 4.74 Å². The van der Waals surface area contributed by atoms with Gasteiger partial charge in [-0.15, -0.1) is 13.2 Å². The maximum atomic E-state index is 15.1. The maximum Gasteiger partial charge on any atom is 0.253 e. The number of unbranched alkanes of at least 4 members (excludes halogenated alkanes) is 3. The van der Waals surface area contributed by atoms with E-state index in [0.29, 0.717) is 45.2 Å². The van der Waals surface area contributed by atoms with Crippen LogP contribution in [0.5, 0.6) is 0 Å². The highest BCUT2D eigenvalue weighted by molar-refractivity contribution is 6.07. The van der Waals surface area contributed by atoms with Gasteiger partial charge < -0.3 is 24.5 Å². The largest absolute Gasteiger partial charge is 0.396 e. The Hall–Kier alpha value is -4.27. The Labute approximate surface area is 283 Å². The molecule has 0 aliphatic carbocycles. The predicted molar refractivity (Wildman–Crippen MR) is 190 cm³/mol. The van der Waals surface area contributed by atoms with Gasteiger partial charge in [0.05, 0.1) is 17.4 Å². The zero-order chi connectivity index (χ0) is 33.9. The number of aliphatic hydroxyl groups is 1. The fraction of sp³-hybridized carbons (Fsp3) is 0.425. The molecule has 3 fully saturated rings. The van der Waals surface area contributed by atoms with Gasteiger partial charge in [0.1, 0.15) is 11.6 Å². The highest BCUT2D eigenvalue weighted by Gasteiger charge is 2.79. The van der Waals surface area contributed by atoms with Crippen molar-refractivity contribution in [2.75, 3.05) is 36.0 Å². The van der Waals surface area contributed by atoms with Crippen molar-refractivity contribution in [2.45, 2.75) is 69.1 Å². The monoisotopic (exact) mass is 649 g/mol. The molecule has 1 N–H and O–H groups in total. The van der Waals surface area contributed by atoms with Gasteiger partial charge in [-0.1, -0.05) is 80.4 Å². The second-order valence-electron chi connectivity index (χ2n) is 13.3. The normalized spacial score (nSPS) is 25.7. The number of nitrogens with zero attached hydrogens (tertiary/aromatic N) is 3. The summed E-state index contributed by atoms with van der Waals surface area (Å²) in [4.78, 5) is 49.8. The van der Waals surface area contributed by atoms with Crippen molar-refractivity contribution in [1.29, 1.82) is 0 Å². The van der Waals surface area contributed by atoms with Crippen molar-refractivity contribution in [3.8, 4) is 0 Å². The minimum Gasteiger partial charge on any atom is -0.396 e. The summed E-state index contributed by atoms with van der Waals surface area (Å²) in [5.74, 6) is -2.11. The van der Waals surface area contributed by atoms with E-state index in [0.717, 1.165) is 35.0 Å². The highest BCUT2D eigenvalue weighted by atomic mass is 16.5. The SMILES string of the molecule is C=CCN(C(=O)C1N(CCCCCCO)C(=O)[C@@H]2[C@@H](C(=O)N(CC=C)c3ccccc3)[C@@]3(CC)CCC12O3)c1ccc2ccccc2c1. The minimum absolute atomic E-state index is 0.122. The summed E-state index contributed by atoms with van der Waals surface area (Å²) in [5.41, 5.74) is -0.537. The smallest absolute Gasteiger partial charge is 0.253 e.